The Labute approximate surface area is 151 Å². The first-order chi connectivity index (χ1) is 12.2. The number of hydrogen-bond donors (Lipinski definition) is 4. The van der Waals surface area contributed by atoms with Crippen LogP contribution in [0.15, 0.2) is 40.8 Å². The summed E-state index contributed by atoms with van der Waals surface area (Å²) < 4.78 is 1.32. The zero-order valence-electron chi connectivity index (χ0n) is 15.1. The molecule has 7 nitrogen and oxygen atoms in total. The zero-order valence-corrected chi connectivity index (χ0v) is 15.1. The molecule has 2 aromatic rings. The van der Waals surface area contributed by atoms with Crippen LogP contribution >= 0.6 is 0 Å². The molecule has 1 heterocycles. The number of aliphatic hydroxyl groups is 2. The molecule has 0 saturated carbocycles. The van der Waals surface area contributed by atoms with Crippen LogP contribution in [0.3, 0.4) is 0 Å². The van der Waals surface area contributed by atoms with Crippen molar-refractivity contribution in [2.75, 3.05) is 13.2 Å². The molecule has 0 spiro atoms. The van der Waals surface area contributed by atoms with Gasteiger partial charge in [-0.3, -0.25) is 9.59 Å². The summed E-state index contributed by atoms with van der Waals surface area (Å²) in [6.07, 6.45) is 1.49. The van der Waals surface area contributed by atoms with Crippen molar-refractivity contribution in [3.05, 3.63) is 52.0 Å². The third kappa shape index (κ3) is 3.79. The second-order valence-corrected chi connectivity index (χ2v) is 6.61. The van der Waals surface area contributed by atoms with E-state index in [-0.39, 0.29) is 30.9 Å². The average Bonchev–Trinajstić information content (AvgIpc) is 2.60. The largest absolute Gasteiger partial charge is 0.506 e. The number of para-hydroxylation sites is 1. The van der Waals surface area contributed by atoms with Crippen molar-refractivity contribution >= 4 is 16.7 Å². The summed E-state index contributed by atoms with van der Waals surface area (Å²) in [4.78, 5) is 25.2. The van der Waals surface area contributed by atoms with Crippen LogP contribution in [-0.2, 0) is 7.05 Å². The monoisotopic (exact) mass is 360 g/mol. The molecular formula is C19H24N2O5. The van der Waals surface area contributed by atoms with Crippen LogP contribution in [0, 0.1) is 0 Å². The fourth-order valence-electron chi connectivity index (χ4n) is 2.91. The lowest BCUT2D eigenvalue weighted by Crippen LogP contribution is -2.45. The van der Waals surface area contributed by atoms with Gasteiger partial charge in [0.2, 0.25) is 0 Å². The molecule has 1 aromatic heterocycles. The van der Waals surface area contributed by atoms with E-state index in [1.165, 1.54) is 10.6 Å². The van der Waals surface area contributed by atoms with Crippen LogP contribution in [0.1, 0.15) is 30.6 Å². The fourth-order valence-corrected chi connectivity index (χ4v) is 2.91. The van der Waals surface area contributed by atoms with Gasteiger partial charge in [-0.15, -0.1) is 0 Å². The number of ketones is 1. The first-order valence-corrected chi connectivity index (χ1v) is 8.27. The molecular weight excluding hydrogens is 336 g/mol. The van der Waals surface area contributed by atoms with Crippen molar-refractivity contribution < 1.29 is 20.1 Å². The molecule has 0 aliphatic heterocycles. The van der Waals surface area contributed by atoms with E-state index in [4.69, 9.17) is 5.11 Å². The van der Waals surface area contributed by atoms with Gasteiger partial charge < -0.3 is 25.2 Å². The van der Waals surface area contributed by atoms with E-state index in [0.717, 1.165) is 0 Å². The fraction of sp³-hybridized carbons (Fsp3) is 0.368. The van der Waals surface area contributed by atoms with E-state index in [2.05, 4.69) is 5.32 Å². The summed E-state index contributed by atoms with van der Waals surface area (Å²) in [6.45, 7) is 2.95. The van der Waals surface area contributed by atoms with Crippen molar-refractivity contribution in [2.24, 2.45) is 7.05 Å². The minimum atomic E-state index is -0.800. The number of pyridine rings is 1. The summed E-state index contributed by atoms with van der Waals surface area (Å²) in [5, 5.41) is 32.4. The zero-order chi connectivity index (χ0) is 19.5. The minimum Gasteiger partial charge on any atom is -0.506 e. The highest BCUT2D eigenvalue weighted by molar-refractivity contribution is 6.09. The number of rotatable bonds is 7. The summed E-state index contributed by atoms with van der Waals surface area (Å²) in [6, 6.07) is 6.79. The van der Waals surface area contributed by atoms with Gasteiger partial charge in [0.1, 0.15) is 11.3 Å². The number of nitrogens with one attached hydrogen (secondary N) is 1. The molecule has 0 unspecified atom stereocenters. The number of benzene rings is 1. The Morgan fingerprint density at radius 2 is 1.96 bits per heavy atom. The van der Waals surface area contributed by atoms with Gasteiger partial charge in [-0.1, -0.05) is 12.1 Å². The predicted molar refractivity (Wildman–Crippen MR) is 99.3 cm³/mol. The highest BCUT2D eigenvalue weighted by Crippen LogP contribution is 2.26. The van der Waals surface area contributed by atoms with Crippen molar-refractivity contribution in [1.29, 1.82) is 0 Å². The Balaban J connectivity index is 2.46. The normalized spacial score (nSPS) is 14.3. The minimum absolute atomic E-state index is 0.128. The van der Waals surface area contributed by atoms with Crippen molar-refractivity contribution in [3.8, 4) is 5.75 Å². The Kier molecular flexibility index (Phi) is 5.84. The molecule has 1 aromatic carbocycles. The van der Waals surface area contributed by atoms with E-state index >= 15 is 0 Å². The van der Waals surface area contributed by atoms with Gasteiger partial charge in [0, 0.05) is 30.8 Å². The number of aliphatic hydroxyl groups excluding tert-OH is 2. The molecule has 0 saturated heterocycles. The van der Waals surface area contributed by atoms with E-state index in [1.54, 1.807) is 45.2 Å². The smallest absolute Gasteiger partial charge is 0.265 e. The number of hydrogen-bond acceptors (Lipinski definition) is 6. The highest BCUT2D eigenvalue weighted by atomic mass is 16.3. The van der Waals surface area contributed by atoms with Crippen molar-refractivity contribution in [1.82, 2.24) is 9.88 Å². The number of nitrogens with zero attached hydrogens (tertiary/aromatic N) is 1. The summed E-state index contributed by atoms with van der Waals surface area (Å²) in [5.74, 6) is -0.985. The molecule has 2 rings (SSSR count). The van der Waals surface area contributed by atoms with Crippen molar-refractivity contribution in [3.63, 3.8) is 0 Å². The second-order valence-electron chi connectivity index (χ2n) is 6.61. The lowest BCUT2D eigenvalue weighted by Gasteiger charge is -2.29. The van der Waals surface area contributed by atoms with Gasteiger partial charge in [-0.05, 0) is 32.4 Å². The quantitative estimate of drug-likeness (QED) is 0.434. The van der Waals surface area contributed by atoms with Gasteiger partial charge in [-0.2, -0.15) is 0 Å². The Hall–Kier alpha value is -2.64. The number of carbonyl (C=O) groups is 1. The first-order valence-electron chi connectivity index (χ1n) is 8.27. The SMILES string of the molecule is C/C(=C\C(=O)c1c(O)c2ccccc2n(C)c1=O)N[C@@](C)(CO)CCO. The maximum absolute atomic E-state index is 12.6. The van der Waals surface area contributed by atoms with Gasteiger partial charge in [0.25, 0.3) is 5.56 Å². The van der Waals surface area contributed by atoms with Crippen LogP contribution < -0.4 is 10.9 Å². The van der Waals surface area contributed by atoms with E-state index in [1.807, 2.05) is 0 Å². The van der Waals surface area contributed by atoms with Crippen molar-refractivity contribution in [2.45, 2.75) is 25.8 Å². The Morgan fingerprint density at radius 3 is 2.58 bits per heavy atom. The van der Waals surface area contributed by atoms with E-state index in [0.29, 0.717) is 16.6 Å². The molecule has 4 N–H and O–H groups in total. The summed E-state index contributed by atoms with van der Waals surface area (Å²) >= 11 is 0. The molecule has 0 bridgehead atoms. The predicted octanol–water partition coefficient (Wildman–Crippen LogP) is 1.05. The Bertz CT molecular complexity index is 916. The van der Waals surface area contributed by atoms with Gasteiger partial charge in [0.05, 0.1) is 17.7 Å². The maximum Gasteiger partial charge on any atom is 0.265 e. The standard InChI is InChI=1S/C19H24N2O5/c1-12(20-19(2,11-23)8-9-22)10-15(24)16-17(25)13-6-4-5-7-14(13)21(3)18(16)26/h4-7,10,20,22-23,25H,8-9,11H2,1-3H3/b12-10+/t19-/m1/s1. The third-order valence-electron chi connectivity index (χ3n) is 4.38. The number of aryl methyl sites for hydroxylation is 1. The molecule has 0 aliphatic rings. The van der Waals surface area contributed by atoms with Crippen LogP contribution in [0.2, 0.25) is 0 Å². The number of allylic oxidation sites excluding steroid dienone is 2. The number of aromatic hydroxyl groups is 1. The van der Waals surface area contributed by atoms with Gasteiger partial charge in [-0.25, -0.2) is 0 Å². The molecule has 0 fully saturated rings. The molecule has 0 amide bonds. The number of aromatic nitrogens is 1. The summed E-state index contributed by atoms with van der Waals surface area (Å²) in [5.41, 5.74) is -0.752. The number of fused-ring (bicyclic) bond motifs is 1. The van der Waals surface area contributed by atoms with Crippen LogP contribution in [0.5, 0.6) is 5.75 Å². The topological polar surface area (TPSA) is 112 Å². The average molecular weight is 360 g/mol. The third-order valence-corrected chi connectivity index (χ3v) is 4.38. The van der Waals surface area contributed by atoms with E-state index < -0.39 is 16.9 Å². The lowest BCUT2D eigenvalue weighted by molar-refractivity contribution is 0.104. The van der Waals surface area contributed by atoms with Crippen LogP contribution in [0.4, 0.5) is 0 Å². The van der Waals surface area contributed by atoms with Gasteiger partial charge in [0.15, 0.2) is 5.78 Å². The molecule has 26 heavy (non-hydrogen) atoms. The van der Waals surface area contributed by atoms with E-state index in [9.17, 15) is 19.8 Å². The van der Waals surface area contributed by atoms with Crippen LogP contribution in [-0.4, -0.2) is 44.4 Å². The molecule has 140 valence electrons. The highest BCUT2D eigenvalue weighted by Gasteiger charge is 2.24. The Morgan fingerprint density at radius 1 is 1.31 bits per heavy atom. The molecule has 0 radical (unpaired) electrons. The molecule has 7 heteroatoms. The maximum atomic E-state index is 12.6. The number of carbonyl (C=O) groups excluding carboxylic acids is 1. The summed E-state index contributed by atoms with van der Waals surface area (Å²) in [7, 11) is 1.54. The first kappa shape index (κ1) is 19.7. The molecule has 1 atom stereocenters. The molecule has 0 aliphatic carbocycles. The van der Waals surface area contributed by atoms with Crippen LogP contribution in [0.25, 0.3) is 10.9 Å². The van der Waals surface area contributed by atoms with Gasteiger partial charge >= 0.3 is 0 Å². The second kappa shape index (κ2) is 7.72. The lowest BCUT2D eigenvalue weighted by atomic mass is 9.98.